The van der Waals surface area contributed by atoms with Gasteiger partial charge in [-0.3, -0.25) is 0 Å². The van der Waals surface area contributed by atoms with Crippen molar-refractivity contribution in [2.24, 2.45) is 5.92 Å². The van der Waals surface area contributed by atoms with E-state index in [-0.39, 0.29) is 0 Å². The number of fused-ring (bicyclic) bond motifs is 1. The molecule has 4 aromatic carbocycles. The van der Waals surface area contributed by atoms with Gasteiger partial charge in [0.05, 0.1) is 0 Å². The number of aromatic nitrogens is 1. The van der Waals surface area contributed by atoms with Crippen LogP contribution in [-0.2, 0) is 19.6 Å². The summed E-state index contributed by atoms with van der Waals surface area (Å²) >= 11 is 0. The molecule has 1 aliphatic carbocycles. The summed E-state index contributed by atoms with van der Waals surface area (Å²) in [6, 6.07) is 38.0. The zero-order valence-electron chi connectivity index (χ0n) is 26.6. The van der Waals surface area contributed by atoms with Crippen LogP contribution in [0.3, 0.4) is 0 Å². The van der Waals surface area contributed by atoms with Gasteiger partial charge in [0.25, 0.3) is 0 Å². The zero-order chi connectivity index (χ0) is 31.2. The van der Waals surface area contributed by atoms with Crippen LogP contribution >= 0.6 is 0 Å². The summed E-state index contributed by atoms with van der Waals surface area (Å²) < 4.78 is 12.8. The molecule has 0 radical (unpaired) electrons. The van der Waals surface area contributed by atoms with Gasteiger partial charge in [0.15, 0.2) is 0 Å². The Balaban J connectivity index is 1.48. The van der Waals surface area contributed by atoms with E-state index in [0.29, 0.717) is 30.9 Å². The standard InChI is InChI=1S/C41H40BNO2/c1-5-33-28(2)19-21-36-35(34-22-20-32(42-4)25-29(34)3)17-12-18-37(36)40(33)38-23-24-39(44-26-30-13-8-6-9-14-30)43-41(38)45-27-31-15-10-7-11-16-31/h6-18,20,22-25,28H,4-5,19,21,26-27H2,1-3H3. The van der Waals surface area contributed by atoms with Crippen molar-refractivity contribution >= 4 is 24.4 Å². The van der Waals surface area contributed by atoms with E-state index in [1.165, 1.54) is 39.0 Å². The molecule has 0 saturated heterocycles. The summed E-state index contributed by atoms with van der Waals surface area (Å²) in [6.07, 6.45) is 3.05. The maximum absolute atomic E-state index is 6.58. The third-order valence-electron chi connectivity index (χ3n) is 8.90. The fourth-order valence-electron chi connectivity index (χ4n) is 6.52. The second-order valence-electron chi connectivity index (χ2n) is 11.9. The van der Waals surface area contributed by atoms with Gasteiger partial charge in [-0.2, -0.15) is 0 Å². The van der Waals surface area contributed by atoms with Crippen LogP contribution < -0.4 is 14.9 Å². The van der Waals surface area contributed by atoms with Crippen LogP contribution in [0.5, 0.6) is 11.8 Å². The van der Waals surface area contributed by atoms with Gasteiger partial charge in [0.2, 0.25) is 0 Å². The second kappa shape index (κ2) is 13.9. The number of pyridine rings is 1. The van der Waals surface area contributed by atoms with Gasteiger partial charge in [0.1, 0.15) is 6.61 Å². The van der Waals surface area contributed by atoms with Crippen molar-refractivity contribution < 1.29 is 9.47 Å². The van der Waals surface area contributed by atoms with Crippen molar-refractivity contribution in [1.82, 2.24) is 4.98 Å². The van der Waals surface area contributed by atoms with E-state index in [9.17, 15) is 0 Å². The molecule has 0 amide bonds. The first-order valence-electron chi connectivity index (χ1n) is 16.0. The summed E-state index contributed by atoms with van der Waals surface area (Å²) in [5.41, 5.74) is 13.5. The molecule has 0 fully saturated rings. The number of aryl methyl sites for hydroxylation is 1. The number of rotatable bonds is 10. The van der Waals surface area contributed by atoms with E-state index in [0.717, 1.165) is 41.4 Å². The number of allylic oxidation sites excluding steroid dienone is 1. The molecule has 4 heteroatoms. The van der Waals surface area contributed by atoms with Crippen molar-refractivity contribution in [3.8, 4) is 22.9 Å². The molecule has 0 aliphatic heterocycles. The average molecular weight is 590 g/mol. The summed E-state index contributed by atoms with van der Waals surface area (Å²) in [5, 5.41) is 0. The van der Waals surface area contributed by atoms with E-state index in [4.69, 9.17) is 14.5 Å². The Morgan fingerprint density at radius 3 is 2.09 bits per heavy atom. The Morgan fingerprint density at radius 2 is 1.42 bits per heavy atom. The SMILES string of the molecule is C=Bc1ccc(-c2cccc3c2CCC(C)C(CC)=C3c2ccc(OCc3ccccc3)nc2OCc2ccccc2)c(C)c1. The molecule has 1 aliphatic rings. The van der Waals surface area contributed by atoms with E-state index in [1.54, 1.807) is 0 Å². The normalized spacial score (nSPS) is 14.3. The van der Waals surface area contributed by atoms with Gasteiger partial charge < -0.3 is 4.74 Å². The average Bonchev–Trinajstić information content (AvgIpc) is 3.23. The van der Waals surface area contributed by atoms with Crippen LogP contribution in [0.2, 0.25) is 0 Å². The Labute approximate surface area is 268 Å². The predicted molar refractivity (Wildman–Crippen MR) is 189 cm³/mol. The molecule has 0 saturated carbocycles. The number of hydrogen-bond donors (Lipinski definition) is 0. The molecule has 224 valence electrons. The Hall–Kier alpha value is -4.70. The molecule has 0 N–H and O–H groups in total. The van der Waals surface area contributed by atoms with Crippen molar-refractivity contribution in [3.05, 3.63) is 148 Å². The van der Waals surface area contributed by atoms with E-state index < -0.39 is 0 Å². The molecule has 1 atom stereocenters. The van der Waals surface area contributed by atoms with Crippen LogP contribution in [0.25, 0.3) is 16.7 Å². The molecule has 1 aromatic heterocycles. The zero-order valence-corrected chi connectivity index (χ0v) is 26.6. The van der Waals surface area contributed by atoms with E-state index in [2.05, 4.69) is 94.0 Å². The quantitative estimate of drug-likeness (QED) is 0.153. The minimum atomic E-state index is 0.422. The molecule has 0 spiro atoms. The van der Waals surface area contributed by atoms with Gasteiger partial charge >= 0.3 is 186 Å². The third kappa shape index (κ3) is 6.71. The molecule has 45 heavy (non-hydrogen) atoms. The molecular formula is C41H40BNO2. The number of ether oxygens (including phenoxy) is 2. The van der Waals surface area contributed by atoms with Gasteiger partial charge in [-0.15, -0.1) is 0 Å². The first-order valence-corrected chi connectivity index (χ1v) is 16.0. The van der Waals surface area contributed by atoms with Crippen LogP contribution in [0.15, 0.2) is 115 Å². The topological polar surface area (TPSA) is 31.4 Å². The van der Waals surface area contributed by atoms with Crippen LogP contribution in [0, 0.1) is 12.8 Å². The number of nitrogens with zero attached hydrogens (tertiary/aromatic N) is 1. The first-order chi connectivity index (χ1) is 22.1. The maximum atomic E-state index is 6.58. The monoisotopic (exact) mass is 589 g/mol. The van der Waals surface area contributed by atoms with Crippen molar-refractivity contribution in [2.75, 3.05) is 0 Å². The minimum absolute atomic E-state index is 0.422. The third-order valence-corrected chi connectivity index (χ3v) is 8.90. The molecule has 0 bridgehead atoms. The first kappa shape index (κ1) is 30.3. The predicted octanol–water partition coefficient (Wildman–Crippen LogP) is 8.77. The molecular weight excluding hydrogens is 549 g/mol. The number of benzene rings is 4. The van der Waals surface area contributed by atoms with Gasteiger partial charge in [-0.1, -0.05) is 60.7 Å². The number of hydrogen-bond acceptors (Lipinski definition) is 3. The van der Waals surface area contributed by atoms with Gasteiger partial charge in [-0.05, 0) is 11.1 Å². The Bertz CT molecular complexity index is 1830. The summed E-state index contributed by atoms with van der Waals surface area (Å²) in [4.78, 5) is 5.00. The summed E-state index contributed by atoms with van der Waals surface area (Å²) in [7, 11) is 0. The Kier molecular flexibility index (Phi) is 9.40. The van der Waals surface area contributed by atoms with Crippen molar-refractivity contribution in [3.63, 3.8) is 0 Å². The van der Waals surface area contributed by atoms with Crippen molar-refractivity contribution in [1.29, 1.82) is 0 Å². The van der Waals surface area contributed by atoms with E-state index >= 15 is 0 Å². The molecule has 1 heterocycles. The second-order valence-corrected chi connectivity index (χ2v) is 11.9. The van der Waals surface area contributed by atoms with Gasteiger partial charge in [0, 0.05) is 0 Å². The van der Waals surface area contributed by atoms with Crippen molar-refractivity contribution in [2.45, 2.75) is 53.2 Å². The van der Waals surface area contributed by atoms with Crippen LogP contribution in [0.1, 0.15) is 60.1 Å². The fourth-order valence-corrected chi connectivity index (χ4v) is 6.52. The summed E-state index contributed by atoms with van der Waals surface area (Å²) in [5.74, 6) is 1.57. The van der Waals surface area contributed by atoms with Crippen LogP contribution in [-0.4, -0.2) is 18.4 Å². The van der Waals surface area contributed by atoms with Gasteiger partial charge in [-0.25, -0.2) is 0 Å². The Morgan fingerprint density at radius 1 is 0.756 bits per heavy atom. The molecule has 1 unspecified atom stereocenters. The molecule has 3 nitrogen and oxygen atoms in total. The molecule has 6 rings (SSSR count). The van der Waals surface area contributed by atoms with E-state index in [1.807, 2.05) is 49.4 Å². The fraction of sp³-hybridized carbons (Fsp3) is 0.220. The summed E-state index contributed by atoms with van der Waals surface area (Å²) in [6.45, 7) is 13.6. The molecule has 5 aromatic rings. The van der Waals surface area contributed by atoms with Crippen LogP contribution in [0.4, 0.5) is 0 Å².